The van der Waals surface area contributed by atoms with Crippen molar-refractivity contribution in [2.45, 2.75) is 20.8 Å². The van der Waals surface area contributed by atoms with Crippen LogP contribution in [0.3, 0.4) is 0 Å². The fourth-order valence-corrected chi connectivity index (χ4v) is 0.943. The zero-order valence-electron chi connectivity index (χ0n) is 6.82. The van der Waals surface area contributed by atoms with Crippen LogP contribution in [-0.2, 0) is 9.59 Å². The second-order valence-corrected chi connectivity index (χ2v) is 2.66. The first kappa shape index (κ1) is 7.92. The molecule has 0 amide bonds. The van der Waals surface area contributed by atoms with Crippen molar-refractivity contribution in [3.05, 3.63) is 22.8 Å². The lowest BCUT2D eigenvalue weighted by Gasteiger charge is -2.09. The van der Waals surface area contributed by atoms with E-state index in [1.807, 2.05) is 0 Å². The molecular formula is C9H9O2. The molecule has 0 fully saturated rings. The minimum atomic E-state index is -0.167. The van der Waals surface area contributed by atoms with E-state index in [2.05, 4.69) is 6.08 Å². The molecule has 1 rings (SSSR count). The fraction of sp³-hybridized carbons (Fsp3) is 0.333. The van der Waals surface area contributed by atoms with Crippen molar-refractivity contribution in [2.24, 2.45) is 0 Å². The highest BCUT2D eigenvalue weighted by molar-refractivity contribution is 6.20. The molecule has 0 atom stereocenters. The summed E-state index contributed by atoms with van der Waals surface area (Å²) in [6, 6.07) is 0. The second kappa shape index (κ2) is 2.46. The van der Waals surface area contributed by atoms with Gasteiger partial charge in [0.15, 0.2) is 11.6 Å². The van der Waals surface area contributed by atoms with Crippen LogP contribution in [0.2, 0.25) is 0 Å². The molecule has 1 radical (unpaired) electrons. The highest BCUT2D eigenvalue weighted by Crippen LogP contribution is 2.16. The number of hydrogen-bond donors (Lipinski definition) is 0. The summed E-state index contributed by atoms with van der Waals surface area (Å²) in [7, 11) is 0. The summed E-state index contributed by atoms with van der Waals surface area (Å²) in [4.78, 5) is 22.2. The molecule has 0 aliphatic heterocycles. The van der Waals surface area contributed by atoms with Crippen LogP contribution in [0.15, 0.2) is 16.7 Å². The minimum absolute atomic E-state index is 0.0675. The van der Waals surface area contributed by atoms with E-state index in [0.29, 0.717) is 16.7 Å². The monoisotopic (exact) mass is 149 g/mol. The average Bonchev–Trinajstić information content (AvgIpc) is 1.97. The number of carbonyl (C=O) groups excluding carboxylic acids is 2. The predicted octanol–water partition coefficient (Wildman–Crippen LogP) is 1.22. The molecule has 0 aromatic rings. The summed E-state index contributed by atoms with van der Waals surface area (Å²) in [5.41, 5.74) is 1.48. The smallest absolute Gasteiger partial charge is 0.190 e. The third-order valence-electron chi connectivity index (χ3n) is 1.89. The molecule has 0 spiro atoms. The Kier molecular flexibility index (Phi) is 1.77. The van der Waals surface area contributed by atoms with Crippen LogP contribution >= 0.6 is 0 Å². The lowest BCUT2D eigenvalue weighted by Crippen LogP contribution is -2.15. The first-order chi connectivity index (χ1) is 5.04. The quantitative estimate of drug-likeness (QED) is 0.485. The first-order valence-electron chi connectivity index (χ1n) is 3.41. The van der Waals surface area contributed by atoms with Gasteiger partial charge in [0.2, 0.25) is 0 Å². The van der Waals surface area contributed by atoms with Crippen LogP contribution in [0.4, 0.5) is 0 Å². The third-order valence-corrected chi connectivity index (χ3v) is 1.89. The van der Waals surface area contributed by atoms with Gasteiger partial charge in [-0.05, 0) is 20.8 Å². The van der Waals surface area contributed by atoms with E-state index >= 15 is 0 Å². The summed E-state index contributed by atoms with van der Waals surface area (Å²) in [5.74, 6) is -0.235. The van der Waals surface area contributed by atoms with Crippen molar-refractivity contribution < 1.29 is 9.59 Å². The number of rotatable bonds is 0. The van der Waals surface area contributed by atoms with Crippen molar-refractivity contribution in [2.75, 3.05) is 0 Å². The van der Waals surface area contributed by atoms with Crippen molar-refractivity contribution in [3.8, 4) is 0 Å². The van der Waals surface area contributed by atoms with E-state index in [1.54, 1.807) is 20.8 Å². The Morgan fingerprint density at radius 2 is 1.55 bits per heavy atom. The van der Waals surface area contributed by atoms with E-state index in [-0.39, 0.29) is 11.6 Å². The molecule has 0 N–H and O–H groups in total. The predicted molar refractivity (Wildman–Crippen MR) is 40.8 cm³/mol. The summed E-state index contributed by atoms with van der Waals surface area (Å²) in [6.45, 7) is 4.92. The van der Waals surface area contributed by atoms with E-state index in [0.717, 1.165) is 0 Å². The van der Waals surface area contributed by atoms with Crippen molar-refractivity contribution in [3.63, 3.8) is 0 Å². The highest BCUT2D eigenvalue weighted by Gasteiger charge is 2.19. The molecule has 0 bridgehead atoms. The van der Waals surface area contributed by atoms with Gasteiger partial charge in [-0.2, -0.15) is 0 Å². The van der Waals surface area contributed by atoms with Crippen molar-refractivity contribution in [1.82, 2.24) is 0 Å². The summed E-state index contributed by atoms with van der Waals surface area (Å²) >= 11 is 0. The molecule has 0 aromatic carbocycles. The zero-order chi connectivity index (χ0) is 8.59. The fourth-order valence-electron chi connectivity index (χ4n) is 0.943. The number of Topliss-reactive ketones (excluding diaryl/α,β-unsaturated/α-hetero) is 2. The number of ketones is 2. The van der Waals surface area contributed by atoms with Crippen molar-refractivity contribution in [1.29, 1.82) is 0 Å². The molecule has 1 aliphatic rings. The Morgan fingerprint density at radius 3 is 2.09 bits per heavy atom. The Hall–Kier alpha value is -1.18. The Bertz CT molecular complexity index is 293. The maximum Gasteiger partial charge on any atom is 0.190 e. The molecule has 2 nitrogen and oxygen atoms in total. The summed E-state index contributed by atoms with van der Waals surface area (Å²) < 4.78 is 0. The van der Waals surface area contributed by atoms with E-state index in [9.17, 15) is 9.59 Å². The summed E-state index contributed by atoms with van der Waals surface area (Å²) in [5, 5.41) is 0. The van der Waals surface area contributed by atoms with Gasteiger partial charge in [0.25, 0.3) is 0 Å². The van der Waals surface area contributed by atoms with Gasteiger partial charge in [-0.3, -0.25) is 9.59 Å². The van der Waals surface area contributed by atoms with Gasteiger partial charge >= 0.3 is 0 Å². The molecule has 2 heteroatoms. The SMILES string of the molecule is CC1=[C]C(=O)C(C)=C(C)C1=O. The number of hydrogen-bond acceptors (Lipinski definition) is 2. The largest absolute Gasteiger partial charge is 0.289 e. The average molecular weight is 149 g/mol. The lowest BCUT2D eigenvalue weighted by atomic mass is 9.92. The Labute approximate surface area is 65.6 Å². The minimum Gasteiger partial charge on any atom is -0.289 e. The zero-order valence-corrected chi connectivity index (χ0v) is 6.82. The van der Waals surface area contributed by atoms with Crippen LogP contribution in [0.25, 0.3) is 0 Å². The maximum atomic E-state index is 11.2. The first-order valence-corrected chi connectivity index (χ1v) is 3.41. The van der Waals surface area contributed by atoms with E-state index < -0.39 is 0 Å². The molecular weight excluding hydrogens is 140 g/mol. The molecule has 0 saturated carbocycles. The van der Waals surface area contributed by atoms with Gasteiger partial charge in [-0.1, -0.05) is 0 Å². The lowest BCUT2D eigenvalue weighted by molar-refractivity contribution is -0.116. The molecule has 0 unspecified atom stereocenters. The molecule has 0 aromatic heterocycles. The van der Waals surface area contributed by atoms with Crippen LogP contribution in [0.1, 0.15) is 20.8 Å². The van der Waals surface area contributed by atoms with E-state index in [1.165, 1.54) is 0 Å². The van der Waals surface area contributed by atoms with Gasteiger partial charge in [0.05, 0.1) is 0 Å². The second-order valence-electron chi connectivity index (χ2n) is 2.66. The Morgan fingerprint density at radius 1 is 1.00 bits per heavy atom. The molecule has 0 heterocycles. The van der Waals surface area contributed by atoms with Crippen LogP contribution in [0.5, 0.6) is 0 Å². The molecule has 11 heavy (non-hydrogen) atoms. The van der Waals surface area contributed by atoms with Gasteiger partial charge in [0, 0.05) is 22.8 Å². The third kappa shape index (κ3) is 1.16. The van der Waals surface area contributed by atoms with Crippen LogP contribution < -0.4 is 0 Å². The number of carbonyl (C=O) groups is 2. The highest BCUT2D eigenvalue weighted by atomic mass is 16.1. The molecule has 57 valence electrons. The topological polar surface area (TPSA) is 34.1 Å². The standard InChI is InChI=1S/C9H9O2/c1-5-4-8(10)6(2)7(3)9(5)11/h1-3H3. The normalized spacial score (nSPS) is 19.0. The maximum absolute atomic E-state index is 11.2. The van der Waals surface area contributed by atoms with E-state index in [4.69, 9.17) is 0 Å². The Balaban J connectivity index is 3.19. The van der Waals surface area contributed by atoms with Crippen LogP contribution in [-0.4, -0.2) is 11.6 Å². The number of allylic oxidation sites excluding steroid dienone is 4. The van der Waals surface area contributed by atoms with Crippen molar-refractivity contribution >= 4 is 11.6 Å². The van der Waals surface area contributed by atoms with Gasteiger partial charge in [-0.15, -0.1) is 0 Å². The molecule has 0 saturated heterocycles. The molecule has 1 aliphatic carbocycles. The van der Waals surface area contributed by atoms with Gasteiger partial charge < -0.3 is 0 Å². The van der Waals surface area contributed by atoms with Crippen LogP contribution in [0, 0.1) is 6.08 Å². The summed E-state index contributed by atoms with van der Waals surface area (Å²) in [6.07, 6.45) is 2.48. The van der Waals surface area contributed by atoms with Gasteiger partial charge in [-0.25, -0.2) is 0 Å². The van der Waals surface area contributed by atoms with Gasteiger partial charge in [0.1, 0.15) is 0 Å².